The number of halogens is 3. The Balaban J connectivity index is -0.000000522. The van der Waals surface area contributed by atoms with Crippen molar-refractivity contribution in [1.82, 2.24) is 0 Å². The molecule has 0 heterocycles. The van der Waals surface area contributed by atoms with E-state index in [1.54, 1.807) is 0 Å². The fourth-order valence-corrected chi connectivity index (χ4v) is 3.94. The van der Waals surface area contributed by atoms with E-state index in [-0.39, 0.29) is 39.7 Å². The van der Waals surface area contributed by atoms with Crippen LogP contribution >= 0.6 is 36.4 Å². The maximum absolute atomic E-state index is 6.29. The number of benzene rings is 2. The molecule has 0 N–H and O–H groups in total. The van der Waals surface area contributed by atoms with Crippen molar-refractivity contribution < 1.29 is 23.3 Å². The summed E-state index contributed by atoms with van der Waals surface area (Å²) in [4.78, 5) is 0. The van der Waals surface area contributed by atoms with Crippen LogP contribution in [0.1, 0.15) is 40.2 Å². The number of fused-ring (bicyclic) bond motifs is 1. The number of hydrogen-bond acceptors (Lipinski definition) is 0. The molecule has 2 radical (unpaired) electrons. The molecule has 33 heavy (non-hydrogen) atoms. The van der Waals surface area contributed by atoms with E-state index in [4.69, 9.17) is 11.6 Å². The maximum atomic E-state index is 6.29. The average Bonchev–Trinajstić information content (AvgIpc) is 3.24. The first-order valence-corrected chi connectivity index (χ1v) is 14.5. The van der Waals surface area contributed by atoms with Gasteiger partial charge in [-0.3, -0.25) is 6.08 Å². The number of hydrogen-bond donors (Lipinski definition) is 0. The van der Waals surface area contributed by atoms with Gasteiger partial charge >= 0.3 is 30.2 Å². The third kappa shape index (κ3) is 8.90. The standard InChI is InChI=1S/C17H14Cl.C9H13.2CH3.2ClH.Si.Zr/c1-2-12-11-15-14(9-6-10-16(15)18)17(12)13-7-4-3-5-8-13;1-6-5-7(2)9(4)8(6)3;;;;;;/h3-11H,2H2,1H3;6H,1-4H3;2*1H3;2*1H;;/q4*-1;;;;. The first-order valence-electron chi connectivity index (χ1n) is 9.89. The summed E-state index contributed by atoms with van der Waals surface area (Å²) in [6.45, 7) is 13.9. The molecule has 0 spiro atoms. The number of rotatable bonds is 2. The fourth-order valence-electron chi connectivity index (χ4n) is 3.71. The molecule has 0 fully saturated rings. The minimum atomic E-state index is 0. The van der Waals surface area contributed by atoms with Crippen molar-refractivity contribution in [2.24, 2.45) is 5.92 Å². The van der Waals surface area contributed by atoms with E-state index >= 15 is 0 Å². The van der Waals surface area contributed by atoms with E-state index < -0.39 is 0 Å². The van der Waals surface area contributed by atoms with Crippen LogP contribution in [0.5, 0.6) is 0 Å². The van der Waals surface area contributed by atoms with E-state index in [2.05, 4.69) is 84.0 Å². The van der Waals surface area contributed by atoms with Gasteiger partial charge in [0.25, 0.3) is 0 Å². The van der Waals surface area contributed by atoms with Crippen molar-refractivity contribution in [3.8, 4) is 11.1 Å². The van der Waals surface area contributed by atoms with Gasteiger partial charge in [-0.1, -0.05) is 81.6 Å². The van der Waals surface area contributed by atoms with Gasteiger partial charge < -0.3 is 14.9 Å². The zero-order valence-corrected chi connectivity index (χ0v) is 26.5. The van der Waals surface area contributed by atoms with Crippen molar-refractivity contribution >= 4 is 54.1 Å². The Hall–Kier alpha value is -0.500. The Morgan fingerprint density at radius 2 is 1.55 bits per heavy atom. The Bertz CT molecular complexity index is 1040. The van der Waals surface area contributed by atoms with E-state index in [1.165, 1.54) is 62.1 Å². The molecule has 3 aromatic rings. The minimum absolute atomic E-state index is 0. The fraction of sp³-hybridized carbons (Fsp3) is 0.250. The SMILES string of the molecule is CC1=[C-]C(C)C(C)=C1C.CCc1[cH-]c2c(Cl)cccc2c1-c1ccccc1.Cl.Cl.[CH3-].[CH3-].[Si]=[Zr]. The van der Waals surface area contributed by atoms with Crippen molar-refractivity contribution in [2.75, 3.05) is 0 Å². The van der Waals surface area contributed by atoms with Gasteiger partial charge in [0.1, 0.15) is 0 Å². The molecule has 0 aliphatic heterocycles. The van der Waals surface area contributed by atoms with Crippen LogP contribution < -0.4 is 0 Å². The van der Waals surface area contributed by atoms with Crippen molar-refractivity contribution in [2.45, 2.75) is 41.0 Å². The molecule has 4 rings (SSSR count). The summed E-state index contributed by atoms with van der Waals surface area (Å²) in [5, 5.41) is 3.25. The van der Waals surface area contributed by atoms with E-state index in [0.717, 1.165) is 16.8 Å². The van der Waals surface area contributed by atoms with Crippen LogP contribution in [0.3, 0.4) is 0 Å². The zero-order chi connectivity index (χ0) is 21.6. The third-order valence-corrected chi connectivity index (χ3v) is 5.97. The summed E-state index contributed by atoms with van der Waals surface area (Å²) in [7, 11) is 0. The predicted molar refractivity (Wildman–Crippen MR) is 152 cm³/mol. The molecule has 0 saturated heterocycles. The molecule has 1 atom stereocenters. The molecular formula is C28H35Cl3SiZr-4. The van der Waals surface area contributed by atoms with Crippen LogP contribution in [0.15, 0.2) is 71.3 Å². The molecule has 1 unspecified atom stereocenters. The Morgan fingerprint density at radius 3 is 1.97 bits per heavy atom. The molecule has 0 bridgehead atoms. The van der Waals surface area contributed by atoms with Gasteiger partial charge in [-0.05, 0) is 11.4 Å². The summed E-state index contributed by atoms with van der Waals surface area (Å²) in [6.07, 6.45) is 4.38. The molecule has 1 aliphatic rings. The van der Waals surface area contributed by atoms with Gasteiger partial charge in [0, 0.05) is 0 Å². The summed E-state index contributed by atoms with van der Waals surface area (Å²) in [6, 6.07) is 18.9. The first kappa shape index (κ1) is 37.1. The monoisotopic (exact) mass is 594 g/mol. The molecule has 0 amide bonds. The van der Waals surface area contributed by atoms with E-state index in [0.29, 0.717) is 5.92 Å². The quantitative estimate of drug-likeness (QED) is 0.204. The van der Waals surface area contributed by atoms with Gasteiger partial charge in [0.05, 0.1) is 0 Å². The molecule has 3 aromatic carbocycles. The molecule has 180 valence electrons. The van der Waals surface area contributed by atoms with Gasteiger partial charge in [0.15, 0.2) is 0 Å². The van der Waals surface area contributed by atoms with Crippen LogP contribution in [0.25, 0.3) is 21.9 Å². The average molecular weight is 597 g/mol. The Labute approximate surface area is 236 Å². The second-order valence-corrected chi connectivity index (χ2v) is 7.67. The molecule has 0 nitrogen and oxygen atoms in total. The number of aryl methyl sites for hydroxylation is 1. The first-order chi connectivity index (χ1) is 13.9. The summed E-state index contributed by atoms with van der Waals surface area (Å²) < 4.78 is 0. The van der Waals surface area contributed by atoms with Crippen molar-refractivity contribution in [3.63, 3.8) is 0 Å². The normalized spacial score (nSPS) is 13.5. The van der Waals surface area contributed by atoms with Crippen LogP contribution in [-0.4, -0.2) is 6.88 Å². The summed E-state index contributed by atoms with van der Waals surface area (Å²) >= 11 is 7.64. The third-order valence-electron chi connectivity index (χ3n) is 5.64. The molecule has 0 aromatic heterocycles. The van der Waals surface area contributed by atoms with Crippen LogP contribution in [0.2, 0.25) is 5.02 Å². The van der Waals surface area contributed by atoms with Gasteiger partial charge in [0.2, 0.25) is 0 Å². The van der Waals surface area contributed by atoms with Crippen LogP contribution in [0.4, 0.5) is 0 Å². The van der Waals surface area contributed by atoms with Gasteiger partial charge in [-0.2, -0.15) is 11.1 Å². The molecular weight excluding hydrogens is 562 g/mol. The topological polar surface area (TPSA) is 0 Å². The Morgan fingerprint density at radius 1 is 0.970 bits per heavy atom. The van der Waals surface area contributed by atoms with Crippen molar-refractivity contribution in [3.05, 3.63) is 103 Å². The van der Waals surface area contributed by atoms with Crippen molar-refractivity contribution in [1.29, 1.82) is 0 Å². The Kier molecular flexibility index (Phi) is 20.1. The van der Waals surface area contributed by atoms with E-state index in [9.17, 15) is 0 Å². The molecule has 0 saturated carbocycles. The van der Waals surface area contributed by atoms with Crippen LogP contribution in [0, 0.1) is 26.8 Å². The van der Waals surface area contributed by atoms with Crippen LogP contribution in [-0.2, 0) is 29.8 Å². The summed E-state index contributed by atoms with van der Waals surface area (Å²) in [5.74, 6) is 0.560. The van der Waals surface area contributed by atoms with E-state index in [1.807, 2.05) is 18.2 Å². The van der Waals surface area contributed by atoms with Gasteiger partial charge in [-0.15, -0.1) is 77.4 Å². The molecule has 5 heteroatoms. The predicted octanol–water partition coefficient (Wildman–Crippen LogP) is 9.52. The molecule has 1 aliphatic carbocycles. The van der Waals surface area contributed by atoms with Gasteiger partial charge in [-0.25, -0.2) is 5.57 Å². The zero-order valence-electron chi connectivity index (χ0n) is 20.7. The second kappa shape index (κ2) is 17.9. The summed E-state index contributed by atoms with van der Waals surface area (Å²) in [5.41, 5.74) is 8.21. The number of allylic oxidation sites excluding steroid dienone is 4. The second-order valence-electron chi connectivity index (χ2n) is 7.26.